The van der Waals surface area contributed by atoms with Crippen LogP contribution in [0.4, 0.5) is 0 Å². The molecule has 1 fully saturated rings. The van der Waals surface area contributed by atoms with Gasteiger partial charge in [0.2, 0.25) is 10.0 Å². The minimum absolute atomic E-state index is 0.0362. The molecule has 0 saturated carbocycles. The zero-order valence-electron chi connectivity index (χ0n) is 13.6. The number of benzene rings is 1. The minimum Gasteiger partial charge on any atom is -0.481 e. The summed E-state index contributed by atoms with van der Waals surface area (Å²) in [7, 11) is -3.89. The first-order chi connectivity index (χ1) is 11.3. The van der Waals surface area contributed by atoms with Crippen molar-refractivity contribution in [2.24, 2.45) is 5.92 Å². The first kappa shape index (κ1) is 18.4. The summed E-state index contributed by atoms with van der Waals surface area (Å²) in [6.45, 7) is 3.55. The molecule has 2 atom stereocenters. The van der Waals surface area contributed by atoms with Gasteiger partial charge in [-0.15, -0.1) is 0 Å². The Bertz CT molecular complexity index is 730. The number of hydrogen-bond donors (Lipinski definition) is 1. The van der Waals surface area contributed by atoms with Crippen LogP contribution in [0.5, 0.6) is 0 Å². The monoisotopic (exact) mass is 355 g/mol. The van der Waals surface area contributed by atoms with E-state index in [0.717, 1.165) is 0 Å². The number of ether oxygens (including phenoxy) is 1. The van der Waals surface area contributed by atoms with E-state index in [0.29, 0.717) is 12.8 Å². The third kappa shape index (κ3) is 3.76. The Balaban J connectivity index is 2.33. The highest BCUT2D eigenvalue weighted by Crippen LogP contribution is 2.28. The predicted molar refractivity (Wildman–Crippen MR) is 86.1 cm³/mol. The van der Waals surface area contributed by atoms with E-state index in [1.807, 2.05) is 0 Å². The summed E-state index contributed by atoms with van der Waals surface area (Å²) in [6.07, 6.45) is 0.930. The van der Waals surface area contributed by atoms with Gasteiger partial charge in [-0.3, -0.25) is 4.79 Å². The van der Waals surface area contributed by atoms with Crippen molar-refractivity contribution in [2.75, 3.05) is 13.2 Å². The van der Waals surface area contributed by atoms with Crippen molar-refractivity contribution in [1.29, 1.82) is 0 Å². The first-order valence-corrected chi connectivity index (χ1v) is 9.23. The quantitative estimate of drug-likeness (QED) is 0.807. The van der Waals surface area contributed by atoms with Gasteiger partial charge in [0, 0.05) is 12.6 Å². The van der Waals surface area contributed by atoms with Crippen LogP contribution in [0.1, 0.15) is 37.0 Å². The number of carbonyl (C=O) groups is 2. The summed E-state index contributed by atoms with van der Waals surface area (Å²) in [5, 5.41) is 9.17. The molecule has 1 saturated heterocycles. The molecule has 1 N–H and O–H groups in total. The number of carbonyl (C=O) groups excluding carboxylic acids is 1. The van der Waals surface area contributed by atoms with E-state index in [4.69, 9.17) is 4.74 Å². The molecule has 2 unspecified atom stereocenters. The van der Waals surface area contributed by atoms with Gasteiger partial charge in [0.1, 0.15) is 0 Å². The van der Waals surface area contributed by atoms with Crippen LogP contribution in [0, 0.1) is 5.92 Å². The molecule has 24 heavy (non-hydrogen) atoms. The van der Waals surface area contributed by atoms with E-state index in [9.17, 15) is 23.1 Å². The van der Waals surface area contributed by atoms with Crippen LogP contribution in [0.3, 0.4) is 0 Å². The molecule has 0 spiro atoms. The molecule has 1 aliphatic rings. The fourth-order valence-corrected chi connectivity index (χ4v) is 4.50. The van der Waals surface area contributed by atoms with Gasteiger partial charge in [-0.25, -0.2) is 13.2 Å². The molecule has 0 aromatic heterocycles. The second kappa shape index (κ2) is 7.31. The van der Waals surface area contributed by atoms with Gasteiger partial charge < -0.3 is 9.84 Å². The standard InChI is InChI=1S/C16H21NO6S/c1-3-23-16(20)12-5-4-6-14(9-12)24(21,22)17-10-13(15(18)19)8-7-11(17)2/h4-6,9,11,13H,3,7-8,10H2,1-2H3,(H,18,19). The number of carboxylic acid groups (broad SMARTS) is 1. The lowest BCUT2D eigenvalue weighted by Gasteiger charge is -2.35. The molecule has 1 aromatic carbocycles. The molecular formula is C16H21NO6S. The highest BCUT2D eigenvalue weighted by Gasteiger charge is 2.37. The van der Waals surface area contributed by atoms with E-state index >= 15 is 0 Å². The Kier molecular flexibility index (Phi) is 5.61. The number of sulfonamides is 1. The molecule has 7 nitrogen and oxygen atoms in total. The number of nitrogens with zero attached hydrogens (tertiary/aromatic N) is 1. The molecule has 8 heteroatoms. The van der Waals surface area contributed by atoms with Gasteiger partial charge in [-0.05, 0) is 44.9 Å². The van der Waals surface area contributed by atoms with Crippen LogP contribution in [-0.4, -0.2) is 49.0 Å². The molecule has 1 aromatic rings. The number of piperidine rings is 1. The maximum Gasteiger partial charge on any atom is 0.338 e. The maximum atomic E-state index is 12.9. The second-order valence-electron chi connectivity index (χ2n) is 5.78. The van der Waals surface area contributed by atoms with Crippen molar-refractivity contribution in [2.45, 2.75) is 37.6 Å². The summed E-state index contributed by atoms with van der Waals surface area (Å²) in [5.41, 5.74) is 0.150. The van der Waals surface area contributed by atoms with Crippen molar-refractivity contribution in [3.05, 3.63) is 29.8 Å². The molecule has 1 aliphatic heterocycles. The smallest absolute Gasteiger partial charge is 0.338 e. The topological polar surface area (TPSA) is 101 Å². The normalized spacial score (nSPS) is 22.1. The van der Waals surface area contributed by atoms with Crippen LogP contribution in [0.25, 0.3) is 0 Å². The zero-order chi connectivity index (χ0) is 17.9. The molecule has 1 heterocycles. The highest BCUT2D eigenvalue weighted by atomic mass is 32.2. The van der Waals surface area contributed by atoms with Gasteiger partial charge in [-0.1, -0.05) is 6.07 Å². The summed E-state index contributed by atoms with van der Waals surface area (Å²) < 4.78 is 31.9. The van der Waals surface area contributed by atoms with Gasteiger partial charge in [0.25, 0.3) is 0 Å². The van der Waals surface area contributed by atoms with Gasteiger partial charge in [0.05, 0.1) is 23.0 Å². The largest absolute Gasteiger partial charge is 0.481 e. The van der Waals surface area contributed by atoms with Crippen molar-refractivity contribution in [3.8, 4) is 0 Å². The lowest BCUT2D eigenvalue weighted by molar-refractivity contribution is -0.143. The fourth-order valence-electron chi connectivity index (χ4n) is 2.74. The minimum atomic E-state index is -3.89. The van der Waals surface area contributed by atoms with Crippen molar-refractivity contribution in [3.63, 3.8) is 0 Å². The Morgan fingerprint density at radius 2 is 2.04 bits per heavy atom. The second-order valence-corrected chi connectivity index (χ2v) is 7.68. The third-order valence-electron chi connectivity index (χ3n) is 4.13. The SMILES string of the molecule is CCOC(=O)c1cccc(S(=O)(=O)N2CC(C(=O)O)CCC2C)c1. The molecule has 0 aliphatic carbocycles. The summed E-state index contributed by atoms with van der Waals surface area (Å²) >= 11 is 0. The number of aliphatic carboxylic acids is 1. The van der Waals surface area contributed by atoms with Crippen molar-refractivity contribution in [1.82, 2.24) is 4.31 Å². The van der Waals surface area contributed by atoms with Crippen LogP contribution in [-0.2, 0) is 19.6 Å². The number of carboxylic acids is 1. The lowest BCUT2D eigenvalue weighted by Crippen LogP contribution is -2.47. The lowest BCUT2D eigenvalue weighted by atomic mass is 9.96. The van der Waals surface area contributed by atoms with E-state index in [2.05, 4.69) is 0 Å². The third-order valence-corrected chi connectivity index (χ3v) is 6.10. The van der Waals surface area contributed by atoms with Gasteiger partial charge in [0.15, 0.2) is 0 Å². The van der Waals surface area contributed by atoms with Crippen LogP contribution in [0.2, 0.25) is 0 Å². The zero-order valence-corrected chi connectivity index (χ0v) is 14.5. The molecule has 0 bridgehead atoms. The maximum absolute atomic E-state index is 12.9. The molecule has 0 radical (unpaired) electrons. The Labute approximate surface area is 141 Å². The van der Waals surface area contributed by atoms with E-state index < -0.39 is 27.9 Å². The van der Waals surface area contributed by atoms with Crippen LogP contribution < -0.4 is 0 Å². The molecule has 0 amide bonds. The first-order valence-electron chi connectivity index (χ1n) is 7.79. The Morgan fingerprint density at radius 1 is 1.33 bits per heavy atom. The fraction of sp³-hybridized carbons (Fsp3) is 0.500. The Hall–Kier alpha value is -1.93. The number of rotatable bonds is 5. The molecule has 132 valence electrons. The summed E-state index contributed by atoms with van der Waals surface area (Å²) in [5.74, 6) is -2.31. The predicted octanol–water partition coefficient (Wildman–Crippen LogP) is 1.74. The molecular weight excluding hydrogens is 334 g/mol. The van der Waals surface area contributed by atoms with Crippen LogP contribution in [0.15, 0.2) is 29.2 Å². The van der Waals surface area contributed by atoms with Crippen molar-refractivity contribution >= 4 is 22.0 Å². The van der Waals surface area contributed by atoms with E-state index in [1.54, 1.807) is 13.8 Å². The number of esters is 1. The van der Waals surface area contributed by atoms with Crippen LogP contribution >= 0.6 is 0 Å². The van der Waals surface area contributed by atoms with E-state index in [1.165, 1.54) is 28.6 Å². The highest BCUT2D eigenvalue weighted by molar-refractivity contribution is 7.89. The summed E-state index contributed by atoms with van der Waals surface area (Å²) in [4.78, 5) is 23.0. The molecule has 2 rings (SSSR count). The van der Waals surface area contributed by atoms with E-state index in [-0.39, 0.29) is 29.7 Å². The summed E-state index contributed by atoms with van der Waals surface area (Å²) in [6, 6.07) is 5.33. The Morgan fingerprint density at radius 3 is 2.67 bits per heavy atom. The average Bonchev–Trinajstić information content (AvgIpc) is 2.55. The van der Waals surface area contributed by atoms with Crippen molar-refractivity contribution < 1.29 is 27.9 Å². The van der Waals surface area contributed by atoms with Gasteiger partial charge >= 0.3 is 11.9 Å². The average molecular weight is 355 g/mol. The number of hydrogen-bond acceptors (Lipinski definition) is 5. The van der Waals surface area contributed by atoms with Gasteiger partial charge in [-0.2, -0.15) is 4.31 Å².